The molecule has 0 amide bonds. The van der Waals surface area contributed by atoms with E-state index in [0.717, 1.165) is 29.8 Å². The van der Waals surface area contributed by atoms with Crippen molar-refractivity contribution in [2.45, 2.75) is 59.9 Å². The lowest BCUT2D eigenvalue weighted by Crippen LogP contribution is -2.27. The molecular formula is C15H27N3. The molecule has 18 heavy (non-hydrogen) atoms. The first-order valence-electron chi connectivity index (χ1n) is 7.16. The molecule has 0 aliphatic heterocycles. The zero-order chi connectivity index (χ0) is 13.3. The van der Waals surface area contributed by atoms with Gasteiger partial charge in [0, 0.05) is 12.1 Å². The van der Waals surface area contributed by atoms with Crippen molar-refractivity contribution in [3.63, 3.8) is 0 Å². The average Bonchev–Trinajstić information content (AvgIpc) is 2.61. The van der Waals surface area contributed by atoms with Crippen LogP contribution in [0.15, 0.2) is 6.20 Å². The zero-order valence-corrected chi connectivity index (χ0v) is 12.2. The second-order valence-electron chi connectivity index (χ2n) is 6.98. The minimum absolute atomic E-state index is 0.465. The third-order valence-electron chi connectivity index (χ3n) is 4.58. The number of nitrogen functional groups attached to an aromatic ring is 1. The van der Waals surface area contributed by atoms with Gasteiger partial charge < -0.3 is 5.73 Å². The summed E-state index contributed by atoms with van der Waals surface area (Å²) in [6.07, 6.45) is 7.22. The molecule has 0 spiro atoms. The Balaban J connectivity index is 1.89. The van der Waals surface area contributed by atoms with E-state index < -0.39 is 0 Å². The van der Waals surface area contributed by atoms with E-state index in [1.54, 1.807) is 0 Å². The number of hydrogen-bond acceptors (Lipinski definition) is 2. The molecule has 0 atom stereocenters. The van der Waals surface area contributed by atoms with E-state index in [9.17, 15) is 0 Å². The summed E-state index contributed by atoms with van der Waals surface area (Å²) >= 11 is 0. The predicted octanol–water partition coefficient (Wildman–Crippen LogP) is 3.63. The first-order chi connectivity index (χ1) is 8.38. The molecule has 1 aliphatic rings. The van der Waals surface area contributed by atoms with Crippen LogP contribution in [0, 0.1) is 24.2 Å². The van der Waals surface area contributed by atoms with Gasteiger partial charge in [0.05, 0.1) is 6.20 Å². The smallest absolute Gasteiger partial charge is 0.124 e. The average molecular weight is 249 g/mol. The Hall–Kier alpha value is -0.990. The number of nitrogens with two attached hydrogens (primary N) is 1. The SMILES string of the molecule is Cc1cnn(CC2CCC(C(C)(C)C)CC2)c1N. The molecule has 102 valence electrons. The van der Waals surface area contributed by atoms with E-state index in [1.807, 2.05) is 17.8 Å². The quantitative estimate of drug-likeness (QED) is 0.870. The Morgan fingerprint density at radius 3 is 2.33 bits per heavy atom. The first kappa shape index (κ1) is 13.4. The second-order valence-corrected chi connectivity index (χ2v) is 6.98. The second kappa shape index (κ2) is 4.94. The molecule has 1 aromatic rings. The largest absolute Gasteiger partial charge is 0.384 e. The topological polar surface area (TPSA) is 43.8 Å². The molecule has 2 rings (SSSR count). The highest BCUT2D eigenvalue weighted by molar-refractivity contribution is 5.36. The fourth-order valence-corrected chi connectivity index (χ4v) is 3.09. The molecule has 1 fully saturated rings. The molecule has 0 radical (unpaired) electrons. The van der Waals surface area contributed by atoms with Crippen molar-refractivity contribution in [2.24, 2.45) is 17.3 Å². The highest BCUT2D eigenvalue weighted by Crippen LogP contribution is 2.40. The summed E-state index contributed by atoms with van der Waals surface area (Å²) in [4.78, 5) is 0. The lowest BCUT2D eigenvalue weighted by molar-refractivity contribution is 0.141. The Morgan fingerprint density at radius 2 is 1.89 bits per heavy atom. The molecule has 1 aromatic heterocycles. The fourth-order valence-electron chi connectivity index (χ4n) is 3.09. The van der Waals surface area contributed by atoms with Gasteiger partial charge in [0.1, 0.15) is 5.82 Å². The zero-order valence-electron chi connectivity index (χ0n) is 12.2. The minimum atomic E-state index is 0.465. The van der Waals surface area contributed by atoms with Gasteiger partial charge in [-0.05, 0) is 49.9 Å². The van der Waals surface area contributed by atoms with Crippen LogP contribution < -0.4 is 5.73 Å². The van der Waals surface area contributed by atoms with Gasteiger partial charge in [-0.3, -0.25) is 0 Å². The van der Waals surface area contributed by atoms with Gasteiger partial charge >= 0.3 is 0 Å². The molecule has 0 saturated heterocycles. The van der Waals surface area contributed by atoms with Gasteiger partial charge in [-0.15, -0.1) is 0 Å². The number of anilines is 1. The highest BCUT2D eigenvalue weighted by Gasteiger charge is 2.29. The summed E-state index contributed by atoms with van der Waals surface area (Å²) < 4.78 is 1.98. The number of nitrogens with zero attached hydrogens (tertiary/aromatic N) is 2. The van der Waals surface area contributed by atoms with Crippen molar-refractivity contribution < 1.29 is 0 Å². The van der Waals surface area contributed by atoms with Crippen LogP contribution in [0.1, 0.15) is 52.0 Å². The Kier molecular flexibility index (Phi) is 3.69. The van der Waals surface area contributed by atoms with E-state index in [1.165, 1.54) is 25.7 Å². The molecule has 0 unspecified atom stereocenters. The van der Waals surface area contributed by atoms with Gasteiger partial charge in [-0.2, -0.15) is 5.10 Å². The lowest BCUT2D eigenvalue weighted by Gasteiger charge is -2.37. The Labute approximate surface area is 111 Å². The van der Waals surface area contributed by atoms with Gasteiger partial charge in [0.15, 0.2) is 0 Å². The molecule has 1 aliphatic carbocycles. The Bertz CT molecular complexity index is 392. The van der Waals surface area contributed by atoms with Crippen LogP contribution in [0.25, 0.3) is 0 Å². The molecule has 3 nitrogen and oxygen atoms in total. The molecular weight excluding hydrogens is 222 g/mol. The van der Waals surface area contributed by atoms with E-state index in [-0.39, 0.29) is 0 Å². The maximum absolute atomic E-state index is 6.02. The standard InChI is InChI=1S/C15H27N3/c1-11-9-17-18(14(11)16)10-12-5-7-13(8-6-12)15(2,3)4/h9,12-13H,5-8,10,16H2,1-4H3. The van der Waals surface area contributed by atoms with Crippen LogP contribution in [-0.4, -0.2) is 9.78 Å². The van der Waals surface area contributed by atoms with Gasteiger partial charge in [0.25, 0.3) is 0 Å². The first-order valence-corrected chi connectivity index (χ1v) is 7.16. The third kappa shape index (κ3) is 2.88. The van der Waals surface area contributed by atoms with Gasteiger partial charge in [-0.25, -0.2) is 4.68 Å². The van der Waals surface area contributed by atoms with Crippen molar-refractivity contribution in [1.82, 2.24) is 9.78 Å². The summed E-state index contributed by atoms with van der Waals surface area (Å²) in [5.74, 6) is 2.48. The third-order valence-corrected chi connectivity index (χ3v) is 4.58. The molecule has 0 bridgehead atoms. The molecule has 0 aromatic carbocycles. The maximum Gasteiger partial charge on any atom is 0.124 e. The lowest BCUT2D eigenvalue weighted by atomic mass is 9.70. The van der Waals surface area contributed by atoms with E-state index in [0.29, 0.717) is 5.41 Å². The fraction of sp³-hybridized carbons (Fsp3) is 0.800. The summed E-state index contributed by atoms with van der Waals surface area (Å²) in [6, 6.07) is 0. The Morgan fingerprint density at radius 1 is 1.28 bits per heavy atom. The van der Waals surface area contributed by atoms with Crippen molar-refractivity contribution in [3.8, 4) is 0 Å². The number of aryl methyl sites for hydroxylation is 1. The minimum Gasteiger partial charge on any atom is -0.384 e. The van der Waals surface area contributed by atoms with E-state index >= 15 is 0 Å². The summed E-state index contributed by atoms with van der Waals surface area (Å²) in [6.45, 7) is 10.1. The van der Waals surface area contributed by atoms with Crippen LogP contribution in [0.2, 0.25) is 0 Å². The van der Waals surface area contributed by atoms with Crippen molar-refractivity contribution in [1.29, 1.82) is 0 Å². The van der Waals surface area contributed by atoms with Crippen LogP contribution in [0.5, 0.6) is 0 Å². The van der Waals surface area contributed by atoms with E-state index in [4.69, 9.17) is 5.73 Å². The van der Waals surface area contributed by atoms with E-state index in [2.05, 4.69) is 25.9 Å². The molecule has 1 saturated carbocycles. The highest BCUT2D eigenvalue weighted by atomic mass is 15.3. The van der Waals surface area contributed by atoms with Crippen molar-refractivity contribution in [3.05, 3.63) is 11.8 Å². The number of hydrogen-bond donors (Lipinski definition) is 1. The summed E-state index contributed by atoms with van der Waals surface area (Å²) in [5, 5.41) is 4.37. The maximum atomic E-state index is 6.02. The number of rotatable bonds is 2. The van der Waals surface area contributed by atoms with Crippen LogP contribution in [0.4, 0.5) is 5.82 Å². The summed E-state index contributed by atoms with van der Waals surface area (Å²) in [5.41, 5.74) is 7.58. The molecule has 1 heterocycles. The van der Waals surface area contributed by atoms with Crippen LogP contribution in [0.3, 0.4) is 0 Å². The van der Waals surface area contributed by atoms with Crippen molar-refractivity contribution in [2.75, 3.05) is 5.73 Å². The molecule has 3 heteroatoms. The normalized spacial score (nSPS) is 25.3. The van der Waals surface area contributed by atoms with Gasteiger partial charge in [-0.1, -0.05) is 20.8 Å². The molecule has 2 N–H and O–H groups in total. The predicted molar refractivity (Wildman–Crippen MR) is 76.3 cm³/mol. The monoisotopic (exact) mass is 249 g/mol. The summed E-state index contributed by atoms with van der Waals surface area (Å²) in [7, 11) is 0. The van der Waals surface area contributed by atoms with Crippen LogP contribution in [-0.2, 0) is 6.54 Å². The van der Waals surface area contributed by atoms with Crippen molar-refractivity contribution >= 4 is 5.82 Å². The number of aromatic nitrogens is 2. The van der Waals surface area contributed by atoms with Gasteiger partial charge in [0.2, 0.25) is 0 Å². The van der Waals surface area contributed by atoms with Crippen LogP contribution >= 0.6 is 0 Å².